The molecule has 1 saturated carbocycles. The van der Waals surface area contributed by atoms with Crippen LogP contribution in [-0.4, -0.2) is 23.0 Å². The van der Waals surface area contributed by atoms with Crippen LogP contribution in [0.2, 0.25) is 0 Å². The lowest BCUT2D eigenvalue weighted by Gasteiger charge is -2.12. The first-order valence-corrected chi connectivity index (χ1v) is 6.41. The number of anilines is 1. The molecule has 0 aliphatic heterocycles. The van der Waals surface area contributed by atoms with Gasteiger partial charge in [-0.25, -0.2) is 0 Å². The first-order chi connectivity index (χ1) is 9.06. The zero-order valence-electron chi connectivity index (χ0n) is 10.6. The lowest BCUT2D eigenvalue weighted by molar-refractivity contribution is -0.136. The lowest BCUT2D eigenvalue weighted by atomic mass is 10.1. The van der Waals surface area contributed by atoms with Crippen molar-refractivity contribution >= 4 is 17.6 Å². The highest BCUT2D eigenvalue weighted by Crippen LogP contribution is 2.32. The molecular formula is C14H18N2O3. The predicted molar refractivity (Wildman–Crippen MR) is 71.7 cm³/mol. The van der Waals surface area contributed by atoms with E-state index >= 15 is 0 Å². The quantitative estimate of drug-likeness (QED) is 0.722. The van der Waals surface area contributed by atoms with E-state index in [1.165, 1.54) is 0 Å². The van der Waals surface area contributed by atoms with E-state index in [1.54, 1.807) is 24.3 Å². The summed E-state index contributed by atoms with van der Waals surface area (Å²) in [5.74, 6) is -0.603. The van der Waals surface area contributed by atoms with Crippen LogP contribution in [0.15, 0.2) is 24.3 Å². The average molecular weight is 262 g/mol. The molecule has 0 bridgehead atoms. The van der Waals surface area contributed by atoms with Crippen molar-refractivity contribution in [3.8, 4) is 0 Å². The summed E-state index contributed by atoms with van der Waals surface area (Å²) in [7, 11) is 0. The molecule has 1 atom stereocenters. The van der Waals surface area contributed by atoms with Crippen molar-refractivity contribution in [1.29, 1.82) is 0 Å². The third-order valence-electron chi connectivity index (χ3n) is 3.28. The summed E-state index contributed by atoms with van der Waals surface area (Å²) in [6, 6.07) is 6.83. The minimum atomic E-state index is -0.920. The smallest absolute Gasteiger partial charge is 0.307 e. The minimum absolute atomic E-state index is 0.0911. The van der Waals surface area contributed by atoms with Crippen LogP contribution in [-0.2, 0) is 16.0 Å². The number of nitrogens with two attached hydrogens (primary N) is 1. The summed E-state index contributed by atoms with van der Waals surface area (Å²) in [4.78, 5) is 22.6. The molecule has 0 saturated heterocycles. The van der Waals surface area contributed by atoms with E-state index in [-0.39, 0.29) is 24.8 Å². The van der Waals surface area contributed by atoms with Gasteiger partial charge in [-0.2, -0.15) is 0 Å². The summed E-state index contributed by atoms with van der Waals surface area (Å²) >= 11 is 0. The maximum Gasteiger partial charge on any atom is 0.307 e. The van der Waals surface area contributed by atoms with E-state index in [9.17, 15) is 9.59 Å². The molecule has 1 fully saturated rings. The molecule has 19 heavy (non-hydrogen) atoms. The molecule has 2 rings (SSSR count). The van der Waals surface area contributed by atoms with Gasteiger partial charge in [-0.3, -0.25) is 9.59 Å². The number of rotatable bonds is 6. The Bertz CT molecular complexity index is 483. The van der Waals surface area contributed by atoms with Gasteiger partial charge in [0, 0.05) is 18.2 Å². The number of carbonyl (C=O) groups excluding carboxylic acids is 1. The summed E-state index contributed by atoms with van der Waals surface area (Å²) in [6.45, 7) is 0. The summed E-state index contributed by atoms with van der Waals surface area (Å²) in [5, 5.41) is 11.6. The van der Waals surface area contributed by atoms with Crippen LogP contribution in [0.25, 0.3) is 0 Å². The highest BCUT2D eigenvalue weighted by molar-refractivity contribution is 5.92. The fourth-order valence-corrected chi connectivity index (χ4v) is 2.07. The molecule has 4 N–H and O–H groups in total. The number of carboxylic acid groups (broad SMARTS) is 1. The topological polar surface area (TPSA) is 92.4 Å². The number of hydrogen-bond acceptors (Lipinski definition) is 3. The van der Waals surface area contributed by atoms with E-state index in [0.717, 1.165) is 12.8 Å². The van der Waals surface area contributed by atoms with Crippen molar-refractivity contribution in [2.75, 3.05) is 5.32 Å². The van der Waals surface area contributed by atoms with Crippen molar-refractivity contribution in [2.45, 2.75) is 31.7 Å². The molecule has 1 unspecified atom stereocenters. The maximum atomic E-state index is 11.9. The van der Waals surface area contributed by atoms with Crippen molar-refractivity contribution in [2.24, 2.45) is 11.7 Å². The molecule has 1 aliphatic rings. The molecular weight excluding hydrogens is 244 g/mol. The molecule has 0 aromatic heterocycles. The van der Waals surface area contributed by atoms with Gasteiger partial charge in [-0.05, 0) is 30.4 Å². The van der Waals surface area contributed by atoms with Crippen molar-refractivity contribution < 1.29 is 14.7 Å². The number of amides is 1. The number of para-hydroxylation sites is 1. The zero-order chi connectivity index (χ0) is 13.8. The summed E-state index contributed by atoms with van der Waals surface area (Å²) < 4.78 is 0. The molecule has 1 aliphatic carbocycles. The van der Waals surface area contributed by atoms with Crippen LogP contribution < -0.4 is 11.1 Å². The number of carboxylic acids is 1. The van der Waals surface area contributed by atoms with Gasteiger partial charge in [0.2, 0.25) is 5.91 Å². The van der Waals surface area contributed by atoms with E-state index in [1.807, 2.05) is 0 Å². The van der Waals surface area contributed by atoms with Gasteiger partial charge < -0.3 is 16.2 Å². The Kier molecular flexibility index (Phi) is 4.16. The monoisotopic (exact) mass is 262 g/mol. The highest BCUT2D eigenvalue weighted by atomic mass is 16.4. The van der Waals surface area contributed by atoms with Gasteiger partial charge in [0.1, 0.15) is 0 Å². The molecule has 5 nitrogen and oxygen atoms in total. The van der Waals surface area contributed by atoms with Crippen molar-refractivity contribution in [3.63, 3.8) is 0 Å². The van der Waals surface area contributed by atoms with Crippen LogP contribution in [0, 0.1) is 5.92 Å². The number of carbonyl (C=O) groups is 2. The Hall–Kier alpha value is -1.88. The maximum absolute atomic E-state index is 11.9. The van der Waals surface area contributed by atoms with E-state index in [0.29, 0.717) is 17.2 Å². The first kappa shape index (κ1) is 13.5. The third kappa shape index (κ3) is 4.06. The second-order valence-corrected chi connectivity index (χ2v) is 4.98. The third-order valence-corrected chi connectivity index (χ3v) is 3.28. The zero-order valence-corrected chi connectivity index (χ0v) is 10.6. The van der Waals surface area contributed by atoms with E-state index in [2.05, 4.69) is 5.32 Å². The molecule has 1 aromatic carbocycles. The Morgan fingerprint density at radius 2 is 2.05 bits per heavy atom. The summed E-state index contributed by atoms with van der Waals surface area (Å²) in [5.41, 5.74) is 7.05. The van der Waals surface area contributed by atoms with Crippen LogP contribution in [0.4, 0.5) is 5.69 Å². The fourth-order valence-electron chi connectivity index (χ4n) is 2.07. The summed E-state index contributed by atoms with van der Waals surface area (Å²) in [6.07, 6.45) is 2.38. The molecule has 0 spiro atoms. The molecule has 1 aromatic rings. The number of benzene rings is 1. The fraction of sp³-hybridized carbons (Fsp3) is 0.429. The molecule has 0 heterocycles. The number of hydrogen-bond donors (Lipinski definition) is 3. The lowest BCUT2D eigenvalue weighted by Crippen LogP contribution is -2.29. The molecule has 1 amide bonds. The largest absolute Gasteiger partial charge is 0.481 e. The minimum Gasteiger partial charge on any atom is -0.481 e. The number of aliphatic carboxylic acids is 1. The standard InChI is InChI=1S/C14H18N2O3/c15-11(9-5-6-9)8-13(17)16-12-4-2-1-3-10(12)7-14(18)19/h1-4,9,11H,5-8,15H2,(H,16,17)(H,18,19). The Balaban J connectivity index is 1.97. The van der Waals surface area contributed by atoms with Crippen LogP contribution in [0.5, 0.6) is 0 Å². The second-order valence-electron chi connectivity index (χ2n) is 4.98. The first-order valence-electron chi connectivity index (χ1n) is 6.41. The van der Waals surface area contributed by atoms with Crippen molar-refractivity contribution in [3.05, 3.63) is 29.8 Å². The number of nitrogens with one attached hydrogen (secondary N) is 1. The van der Waals surface area contributed by atoms with E-state index in [4.69, 9.17) is 10.8 Å². The van der Waals surface area contributed by atoms with Gasteiger partial charge in [-0.1, -0.05) is 18.2 Å². The Morgan fingerprint density at radius 1 is 1.37 bits per heavy atom. The van der Waals surface area contributed by atoms with Crippen molar-refractivity contribution in [1.82, 2.24) is 0 Å². The van der Waals surface area contributed by atoms with Gasteiger partial charge in [0.25, 0.3) is 0 Å². The van der Waals surface area contributed by atoms with E-state index < -0.39 is 5.97 Å². The Morgan fingerprint density at radius 3 is 2.68 bits per heavy atom. The van der Waals surface area contributed by atoms with Gasteiger partial charge in [0.05, 0.1) is 6.42 Å². The highest BCUT2D eigenvalue weighted by Gasteiger charge is 2.29. The second kappa shape index (κ2) is 5.84. The van der Waals surface area contributed by atoms with Crippen LogP contribution >= 0.6 is 0 Å². The van der Waals surface area contributed by atoms with Gasteiger partial charge in [-0.15, -0.1) is 0 Å². The Labute approximate surface area is 111 Å². The van der Waals surface area contributed by atoms with Crippen LogP contribution in [0.3, 0.4) is 0 Å². The average Bonchev–Trinajstić information content (AvgIpc) is 3.14. The normalized spacial score (nSPS) is 15.8. The van der Waals surface area contributed by atoms with Gasteiger partial charge >= 0.3 is 5.97 Å². The van der Waals surface area contributed by atoms with Gasteiger partial charge in [0.15, 0.2) is 0 Å². The predicted octanol–water partition coefficient (Wildman–Crippen LogP) is 1.38. The molecule has 0 radical (unpaired) electrons. The van der Waals surface area contributed by atoms with Crippen LogP contribution in [0.1, 0.15) is 24.8 Å². The molecule has 5 heteroatoms. The SMILES string of the molecule is NC(CC(=O)Nc1ccccc1CC(=O)O)C1CC1. The molecule has 102 valence electrons.